The van der Waals surface area contributed by atoms with Crippen molar-refractivity contribution in [2.45, 2.75) is 19.9 Å². The third-order valence-electron chi connectivity index (χ3n) is 2.09. The van der Waals surface area contributed by atoms with E-state index in [1.54, 1.807) is 22.7 Å². The Labute approximate surface area is 112 Å². The summed E-state index contributed by atoms with van der Waals surface area (Å²) in [7, 11) is 0. The van der Waals surface area contributed by atoms with E-state index in [1.807, 2.05) is 6.20 Å². The lowest BCUT2D eigenvalue weighted by Gasteiger charge is -1.97. The lowest BCUT2D eigenvalue weighted by Crippen LogP contribution is -2.12. The number of thiophene rings is 1. The van der Waals surface area contributed by atoms with E-state index >= 15 is 0 Å². The van der Waals surface area contributed by atoms with Gasteiger partial charge in [0.15, 0.2) is 0 Å². The molecule has 0 aliphatic carbocycles. The zero-order valence-corrected chi connectivity index (χ0v) is 12.2. The van der Waals surface area contributed by atoms with E-state index in [0.29, 0.717) is 0 Å². The second kappa shape index (κ2) is 5.91. The second-order valence-corrected chi connectivity index (χ2v) is 6.29. The monoisotopic (exact) mass is 316 g/mol. The van der Waals surface area contributed by atoms with Crippen LogP contribution >= 0.6 is 38.6 Å². The van der Waals surface area contributed by atoms with E-state index in [0.717, 1.165) is 22.6 Å². The molecule has 2 aromatic rings. The van der Waals surface area contributed by atoms with E-state index < -0.39 is 0 Å². The Morgan fingerprint density at radius 1 is 1.50 bits per heavy atom. The molecule has 0 saturated heterocycles. The van der Waals surface area contributed by atoms with Gasteiger partial charge in [0.05, 0.1) is 4.88 Å². The van der Waals surface area contributed by atoms with Crippen LogP contribution in [0.3, 0.4) is 0 Å². The van der Waals surface area contributed by atoms with Crippen molar-refractivity contribution in [3.8, 4) is 9.88 Å². The molecule has 0 aromatic carbocycles. The molecule has 2 aromatic heterocycles. The summed E-state index contributed by atoms with van der Waals surface area (Å²) < 4.78 is 1.14. The Morgan fingerprint density at radius 3 is 3.06 bits per heavy atom. The van der Waals surface area contributed by atoms with Crippen LogP contribution in [-0.2, 0) is 6.54 Å². The molecule has 0 bridgehead atoms. The highest BCUT2D eigenvalue weighted by Crippen LogP contribution is 2.35. The lowest BCUT2D eigenvalue weighted by molar-refractivity contribution is 0.681. The zero-order chi connectivity index (χ0) is 11.4. The first kappa shape index (κ1) is 12.2. The fourth-order valence-corrected chi connectivity index (χ4v) is 4.02. The molecule has 0 spiro atoms. The van der Waals surface area contributed by atoms with Crippen molar-refractivity contribution in [3.05, 3.63) is 27.0 Å². The van der Waals surface area contributed by atoms with Crippen molar-refractivity contribution >= 4 is 38.6 Å². The van der Waals surface area contributed by atoms with E-state index in [-0.39, 0.29) is 0 Å². The Hall–Kier alpha value is -0.230. The SMILES string of the molecule is CCCNCc1cnc(-c2sccc2Br)s1. The molecule has 0 aliphatic rings. The number of hydrogen-bond acceptors (Lipinski definition) is 4. The Balaban J connectivity index is 2.05. The standard InChI is InChI=1S/C11H13BrN2S2/c1-2-4-13-6-8-7-14-11(16-8)10-9(12)3-5-15-10/h3,5,7,13H,2,4,6H2,1H3. The molecule has 0 unspecified atom stereocenters. The number of nitrogens with one attached hydrogen (secondary N) is 1. The number of hydrogen-bond donors (Lipinski definition) is 1. The van der Waals surface area contributed by atoms with Crippen molar-refractivity contribution in [1.29, 1.82) is 0 Å². The van der Waals surface area contributed by atoms with Crippen molar-refractivity contribution < 1.29 is 0 Å². The number of thiazole rings is 1. The van der Waals surface area contributed by atoms with Crippen molar-refractivity contribution in [2.75, 3.05) is 6.54 Å². The highest BCUT2D eigenvalue weighted by atomic mass is 79.9. The number of halogens is 1. The molecule has 2 nitrogen and oxygen atoms in total. The molecular weight excluding hydrogens is 304 g/mol. The Kier molecular flexibility index (Phi) is 4.52. The number of nitrogens with zero attached hydrogens (tertiary/aromatic N) is 1. The minimum Gasteiger partial charge on any atom is -0.312 e. The fraction of sp³-hybridized carbons (Fsp3) is 0.364. The van der Waals surface area contributed by atoms with Gasteiger partial charge in [0.2, 0.25) is 0 Å². The molecule has 0 saturated carbocycles. The Morgan fingerprint density at radius 2 is 2.38 bits per heavy atom. The predicted octanol–water partition coefficient (Wildman–Crippen LogP) is 4.13. The van der Waals surface area contributed by atoms with Gasteiger partial charge in [-0.1, -0.05) is 6.92 Å². The molecule has 5 heteroatoms. The summed E-state index contributed by atoms with van der Waals surface area (Å²) in [6, 6.07) is 2.07. The minimum absolute atomic E-state index is 0.925. The average molecular weight is 317 g/mol. The maximum atomic E-state index is 4.46. The van der Waals surface area contributed by atoms with Crippen LogP contribution in [0.2, 0.25) is 0 Å². The summed E-state index contributed by atoms with van der Waals surface area (Å²) in [5, 5.41) is 6.57. The summed E-state index contributed by atoms with van der Waals surface area (Å²) in [6.07, 6.45) is 3.14. The van der Waals surface area contributed by atoms with E-state index in [9.17, 15) is 0 Å². The molecule has 0 radical (unpaired) electrons. The average Bonchev–Trinajstić information content (AvgIpc) is 2.87. The molecule has 1 N–H and O–H groups in total. The maximum absolute atomic E-state index is 4.46. The molecule has 0 aliphatic heterocycles. The van der Waals surface area contributed by atoms with Gasteiger partial charge in [-0.2, -0.15) is 0 Å². The molecule has 0 atom stereocenters. The first-order valence-electron chi connectivity index (χ1n) is 5.20. The first-order chi connectivity index (χ1) is 7.81. The van der Waals surface area contributed by atoms with Crippen LogP contribution in [0.15, 0.2) is 22.1 Å². The van der Waals surface area contributed by atoms with Gasteiger partial charge in [-0.25, -0.2) is 4.98 Å². The lowest BCUT2D eigenvalue weighted by atomic mass is 10.4. The normalized spacial score (nSPS) is 10.9. The number of rotatable bonds is 5. The summed E-state index contributed by atoms with van der Waals surface area (Å²) >= 11 is 7.02. The van der Waals surface area contributed by atoms with Crippen LogP contribution < -0.4 is 5.32 Å². The molecule has 0 fully saturated rings. The molecule has 2 rings (SSSR count). The van der Waals surface area contributed by atoms with Gasteiger partial charge in [-0.15, -0.1) is 22.7 Å². The van der Waals surface area contributed by atoms with Crippen molar-refractivity contribution in [1.82, 2.24) is 10.3 Å². The Bertz CT molecular complexity index is 450. The fourth-order valence-electron chi connectivity index (χ4n) is 1.33. The molecule has 0 amide bonds. The highest BCUT2D eigenvalue weighted by molar-refractivity contribution is 9.10. The minimum atomic E-state index is 0.925. The van der Waals surface area contributed by atoms with Gasteiger partial charge < -0.3 is 5.32 Å². The third-order valence-corrected chi connectivity index (χ3v) is 5.08. The van der Waals surface area contributed by atoms with Gasteiger partial charge >= 0.3 is 0 Å². The van der Waals surface area contributed by atoms with Crippen LogP contribution in [0, 0.1) is 0 Å². The third kappa shape index (κ3) is 2.91. The summed E-state index contributed by atoms with van der Waals surface area (Å²) in [6.45, 7) is 4.16. The smallest absolute Gasteiger partial charge is 0.134 e. The molecular formula is C11H13BrN2S2. The van der Waals surface area contributed by atoms with Gasteiger partial charge in [-0.3, -0.25) is 0 Å². The molecule has 2 heterocycles. The maximum Gasteiger partial charge on any atom is 0.134 e. The zero-order valence-electron chi connectivity index (χ0n) is 9.00. The van der Waals surface area contributed by atoms with Crippen LogP contribution in [0.4, 0.5) is 0 Å². The topological polar surface area (TPSA) is 24.9 Å². The van der Waals surface area contributed by atoms with Crippen LogP contribution in [-0.4, -0.2) is 11.5 Å². The summed E-state index contributed by atoms with van der Waals surface area (Å²) in [5.74, 6) is 0. The number of aromatic nitrogens is 1. The van der Waals surface area contributed by atoms with Crippen LogP contribution in [0.5, 0.6) is 0 Å². The van der Waals surface area contributed by atoms with Crippen molar-refractivity contribution in [2.24, 2.45) is 0 Å². The second-order valence-electron chi connectivity index (χ2n) is 3.41. The largest absolute Gasteiger partial charge is 0.312 e. The van der Waals surface area contributed by atoms with Gasteiger partial charge in [0.25, 0.3) is 0 Å². The van der Waals surface area contributed by atoms with Crippen LogP contribution in [0.1, 0.15) is 18.2 Å². The van der Waals surface area contributed by atoms with Gasteiger partial charge in [0.1, 0.15) is 5.01 Å². The van der Waals surface area contributed by atoms with Crippen LogP contribution in [0.25, 0.3) is 9.88 Å². The van der Waals surface area contributed by atoms with E-state index in [4.69, 9.17) is 0 Å². The summed E-state index contributed by atoms with van der Waals surface area (Å²) in [4.78, 5) is 6.98. The quantitative estimate of drug-likeness (QED) is 0.839. The first-order valence-corrected chi connectivity index (χ1v) is 7.69. The summed E-state index contributed by atoms with van der Waals surface area (Å²) in [5.41, 5.74) is 0. The van der Waals surface area contributed by atoms with Gasteiger partial charge in [0, 0.05) is 22.1 Å². The van der Waals surface area contributed by atoms with E-state index in [1.165, 1.54) is 16.2 Å². The molecule has 86 valence electrons. The van der Waals surface area contributed by atoms with Gasteiger partial charge in [-0.05, 0) is 40.3 Å². The highest BCUT2D eigenvalue weighted by Gasteiger charge is 2.09. The molecule has 16 heavy (non-hydrogen) atoms. The predicted molar refractivity (Wildman–Crippen MR) is 75.1 cm³/mol. The van der Waals surface area contributed by atoms with E-state index in [2.05, 4.69) is 44.6 Å². The van der Waals surface area contributed by atoms with Crippen molar-refractivity contribution in [3.63, 3.8) is 0 Å².